The normalized spacial score (nSPS) is 46.7. The molecule has 0 aromatic carbocycles. The van der Waals surface area contributed by atoms with Gasteiger partial charge >= 0.3 is 0 Å². The van der Waals surface area contributed by atoms with E-state index in [2.05, 4.69) is 6.55 Å². The van der Waals surface area contributed by atoms with E-state index < -0.39 is 8.40 Å². The van der Waals surface area contributed by atoms with Gasteiger partial charge in [0.25, 0.3) is 0 Å². The lowest BCUT2D eigenvalue weighted by molar-refractivity contribution is 0.438. The lowest BCUT2D eigenvalue weighted by Crippen LogP contribution is -2.09. The molecule has 0 N–H and O–H groups in total. The van der Waals surface area contributed by atoms with Gasteiger partial charge in [0.1, 0.15) is 7.57 Å². The summed E-state index contributed by atoms with van der Waals surface area (Å²) in [7, 11) is 1.37. The Kier molecular flexibility index (Phi) is 1.22. The summed E-state index contributed by atoms with van der Waals surface area (Å²) in [6.07, 6.45) is 0. The quantitative estimate of drug-likeness (QED) is 0.270. The third kappa shape index (κ3) is 1.07. The Morgan fingerprint density at radius 1 is 2.29 bits per heavy atom. The van der Waals surface area contributed by atoms with E-state index in [1.807, 2.05) is 7.57 Å². The first-order valence-electron chi connectivity index (χ1n) is 3.03. The maximum Gasteiger partial charge on any atom is 0.133 e. The van der Waals surface area contributed by atoms with Gasteiger partial charge in [-0.3, -0.25) is 0 Å². The van der Waals surface area contributed by atoms with Crippen molar-refractivity contribution in [2.24, 2.45) is 0 Å². The van der Waals surface area contributed by atoms with E-state index in [9.17, 15) is 0 Å². The molecule has 1 aliphatic rings. The van der Waals surface area contributed by atoms with Crippen LogP contribution >= 0.6 is 8.40 Å². The zero-order valence-corrected chi connectivity index (χ0v) is 7.08. The van der Waals surface area contributed by atoms with E-state index in [-0.39, 0.29) is 14.5 Å². The minimum absolute atomic E-state index is 0.0754. The summed E-state index contributed by atoms with van der Waals surface area (Å²) in [5.74, 6) is 0. The molecule has 0 radical (unpaired) electrons. The molecular weight excluding hydrogens is 122 g/mol. The SMILES string of the molecule is [2H]P(B)C1([SiH2]C)CO1. The van der Waals surface area contributed by atoms with Crippen molar-refractivity contribution < 1.29 is 4.74 Å². The van der Waals surface area contributed by atoms with Gasteiger partial charge in [-0.25, -0.2) is 0 Å². The summed E-state index contributed by atoms with van der Waals surface area (Å²) in [5.41, 5.74) is 0. The van der Waals surface area contributed by atoms with Gasteiger partial charge in [-0.2, -0.15) is 0 Å². The van der Waals surface area contributed by atoms with Crippen molar-refractivity contribution in [2.45, 2.75) is 11.5 Å². The third-order valence-electron chi connectivity index (χ3n) is 1.44. The van der Waals surface area contributed by atoms with Crippen LogP contribution in [0, 0.1) is 0 Å². The molecule has 2 unspecified atom stereocenters. The molecule has 0 aromatic rings. The van der Waals surface area contributed by atoms with Crippen LogP contribution in [0.2, 0.25) is 6.55 Å². The van der Waals surface area contributed by atoms with Crippen LogP contribution in [0.1, 0.15) is 0 Å². The van der Waals surface area contributed by atoms with Crippen LogP contribution < -0.4 is 0 Å². The van der Waals surface area contributed by atoms with Crippen molar-refractivity contribution in [3.8, 4) is 0 Å². The molecule has 1 rings (SSSR count). The number of hydrogen-bond acceptors (Lipinski definition) is 1. The summed E-state index contributed by atoms with van der Waals surface area (Å²) in [5, 5.41) is 0. The van der Waals surface area contributed by atoms with Gasteiger partial charge in [0.05, 0.1) is 22.4 Å². The highest BCUT2D eigenvalue weighted by Crippen LogP contribution is 2.39. The van der Waals surface area contributed by atoms with Crippen molar-refractivity contribution in [3.63, 3.8) is 0 Å². The fourth-order valence-electron chi connectivity index (χ4n) is 0.575. The zero-order chi connectivity index (χ0) is 6.20. The molecule has 1 saturated heterocycles. The van der Waals surface area contributed by atoms with Crippen LogP contribution in [0.15, 0.2) is 0 Å². The smallest absolute Gasteiger partial charge is 0.133 e. The minimum atomic E-state index is -0.543. The summed E-state index contributed by atoms with van der Waals surface area (Å²) in [6.45, 7) is 3.11. The maximum atomic E-state index is 7.42. The average molecular weight is 133 g/mol. The lowest BCUT2D eigenvalue weighted by Gasteiger charge is -2.00. The Morgan fingerprint density at radius 2 is 2.86 bits per heavy atom. The van der Waals surface area contributed by atoms with Crippen LogP contribution in [-0.4, -0.2) is 29.9 Å². The van der Waals surface area contributed by atoms with E-state index in [1.165, 1.54) is 0 Å². The van der Waals surface area contributed by atoms with E-state index >= 15 is 0 Å². The van der Waals surface area contributed by atoms with Crippen LogP contribution in [-0.2, 0) is 4.74 Å². The second kappa shape index (κ2) is 1.88. The van der Waals surface area contributed by atoms with Crippen LogP contribution in [0.25, 0.3) is 0 Å². The number of hydrogen-bond donors (Lipinski definition) is 0. The predicted octanol–water partition coefficient (Wildman–Crippen LogP) is -0.886. The number of epoxide rings is 1. The maximum absolute atomic E-state index is 7.42. The summed E-state index contributed by atoms with van der Waals surface area (Å²) < 4.78 is 12.6. The number of rotatable bonds is 2. The highest BCUT2D eigenvalue weighted by atomic mass is 31.1. The average Bonchev–Trinajstić information content (AvgIpc) is 2.44. The first kappa shape index (κ1) is 4.54. The van der Waals surface area contributed by atoms with Crippen molar-refractivity contribution in [1.82, 2.24) is 0 Å². The molecule has 1 nitrogen and oxygen atoms in total. The molecule has 0 spiro atoms. The van der Waals surface area contributed by atoms with Gasteiger partial charge in [0.15, 0.2) is 0 Å². The topological polar surface area (TPSA) is 12.5 Å². The van der Waals surface area contributed by atoms with E-state index in [0.29, 0.717) is 0 Å². The standard InChI is InChI=1S/C3H10BOPSi/c1-7-3(6-4)2-5-3/h6H,2,4,7H2,1H3/i6D. The monoisotopic (exact) mass is 133 g/mol. The van der Waals surface area contributed by atoms with Crippen molar-refractivity contribution in [2.75, 3.05) is 6.61 Å². The summed E-state index contributed by atoms with van der Waals surface area (Å²) in [6, 6.07) is 0. The molecule has 7 heavy (non-hydrogen) atoms. The first-order valence-corrected chi connectivity index (χ1v) is 6.04. The van der Waals surface area contributed by atoms with E-state index in [0.717, 1.165) is 6.61 Å². The fraction of sp³-hybridized carbons (Fsp3) is 1.00. The Hall–Kier alpha value is 0.672. The van der Waals surface area contributed by atoms with Gasteiger partial charge in [-0.05, 0) is 0 Å². The first-order chi connectivity index (χ1) is 3.71. The molecule has 1 fully saturated rings. The largest absolute Gasteiger partial charge is 0.371 e. The highest BCUT2D eigenvalue weighted by Gasteiger charge is 2.39. The minimum Gasteiger partial charge on any atom is -0.371 e. The molecule has 40 valence electrons. The van der Waals surface area contributed by atoms with Gasteiger partial charge in [0.2, 0.25) is 0 Å². The highest BCUT2D eigenvalue weighted by molar-refractivity contribution is 7.69. The van der Waals surface area contributed by atoms with Crippen molar-refractivity contribution in [3.05, 3.63) is 0 Å². The zero-order valence-electron chi connectivity index (χ0n) is 5.77. The summed E-state index contributed by atoms with van der Waals surface area (Å²) in [4.78, 5) is 0.162. The van der Waals surface area contributed by atoms with Gasteiger partial charge in [0, 0.05) is 0 Å². The second-order valence-electron chi connectivity index (χ2n) is 1.81. The van der Waals surface area contributed by atoms with E-state index in [4.69, 9.17) is 6.02 Å². The molecule has 4 heteroatoms. The molecule has 0 saturated carbocycles. The molecule has 0 aromatic heterocycles. The van der Waals surface area contributed by atoms with Gasteiger partial charge in [-0.1, -0.05) is 6.55 Å². The van der Waals surface area contributed by atoms with Crippen LogP contribution in [0.3, 0.4) is 0 Å². The third-order valence-corrected chi connectivity index (χ3v) is 5.92. The molecule has 1 heterocycles. The van der Waals surface area contributed by atoms with Crippen LogP contribution in [0.5, 0.6) is 0 Å². The molecular formula is C3H10BOPSi. The van der Waals surface area contributed by atoms with Crippen molar-refractivity contribution >= 4 is 25.5 Å². The Bertz CT molecular complexity index is 97.3. The lowest BCUT2D eigenvalue weighted by atomic mass is 10.8. The fourth-order valence-corrected chi connectivity index (χ4v) is 2.67. The number of ether oxygens (including phenoxy) is 1. The second-order valence-corrected chi connectivity index (χ2v) is 5.52. The molecule has 0 bridgehead atoms. The van der Waals surface area contributed by atoms with Crippen LogP contribution in [0.4, 0.5) is 0 Å². The van der Waals surface area contributed by atoms with Gasteiger partial charge < -0.3 is 4.74 Å². The molecule has 1 aliphatic heterocycles. The van der Waals surface area contributed by atoms with E-state index in [1.54, 1.807) is 0 Å². The molecule has 0 amide bonds. The summed E-state index contributed by atoms with van der Waals surface area (Å²) >= 11 is 0. The Labute approximate surface area is 50.5 Å². The Morgan fingerprint density at radius 3 is 2.86 bits per heavy atom. The molecule has 0 aliphatic carbocycles. The Balaban J connectivity index is 2.41. The molecule has 2 atom stereocenters. The predicted molar refractivity (Wildman–Crippen MR) is 40.0 cm³/mol. The van der Waals surface area contributed by atoms with Gasteiger partial charge in [-0.15, -0.1) is 8.40 Å². The van der Waals surface area contributed by atoms with Crippen molar-refractivity contribution in [1.29, 1.82) is 1.28 Å².